The third-order valence-electron chi connectivity index (χ3n) is 4.81. The molecule has 3 heterocycles. The van der Waals surface area contributed by atoms with Crippen molar-refractivity contribution in [3.05, 3.63) is 64.7 Å². The Balaban J connectivity index is 1.42. The fourth-order valence-corrected chi connectivity index (χ4v) is 5.42. The topological polar surface area (TPSA) is 113 Å². The molecule has 30 heavy (non-hydrogen) atoms. The number of fused-ring (bicyclic) bond motifs is 2. The number of thioether (sulfide) groups is 1. The Hall–Kier alpha value is -3.30. The van der Waals surface area contributed by atoms with E-state index in [2.05, 4.69) is 10.3 Å². The minimum Gasteiger partial charge on any atom is -0.504 e. The molecule has 1 aliphatic rings. The molecule has 2 unspecified atom stereocenters. The van der Waals surface area contributed by atoms with E-state index < -0.39 is 23.2 Å². The Bertz CT molecular complexity index is 1310. The predicted molar refractivity (Wildman–Crippen MR) is 115 cm³/mol. The molecule has 0 bridgehead atoms. The summed E-state index contributed by atoms with van der Waals surface area (Å²) in [6.07, 6.45) is 0. The number of phenols is 1. The van der Waals surface area contributed by atoms with Crippen molar-refractivity contribution in [1.82, 2.24) is 10.3 Å². The molecule has 150 valence electrons. The summed E-state index contributed by atoms with van der Waals surface area (Å²) in [5.74, 6) is -2.17. The lowest BCUT2D eigenvalue weighted by Crippen LogP contribution is -2.39. The summed E-state index contributed by atoms with van der Waals surface area (Å²) in [4.78, 5) is 29.1. The molecule has 2 atom stereocenters. The Morgan fingerprint density at radius 2 is 1.97 bits per heavy atom. The number of furan rings is 1. The third-order valence-corrected chi connectivity index (χ3v) is 6.92. The van der Waals surface area contributed by atoms with E-state index >= 15 is 0 Å². The molecule has 3 N–H and O–H groups in total. The third kappa shape index (κ3) is 3.12. The van der Waals surface area contributed by atoms with Crippen LogP contribution in [0.1, 0.15) is 15.6 Å². The van der Waals surface area contributed by atoms with Crippen LogP contribution in [-0.2, 0) is 4.79 Å². The number of carbonyl (C=O) groups excluding carboxylic acids is 1. The number of aromatic hydroxyl groups is 1. The number of nitrogens with one attached hydrogen (secondary N) is 1. The average Bonchev–Trinajstić information content (AvgIpc) is 3.44. The van der Waals surface area contributed by atoms with E-state index in [9.17, 15) is 19.8 Å². The van der Waals surface area contributed by atoms with Gasteiger partial charge in [-0.25, -0.2) is 4.98 Å². The van der Waals surface area contributed by atoms with Gasteiger partial charge in [-0.1, -0.05) is 24.3 Å². The van der Waals surface area contributed by atoms with Crippen molar-refractivity contribution in [2.75, 3.05) is 0 Å². The van der Waals surface area contributed by atoms with E-state index in [0.29, 0.717) is 22.3 Å². The van der Waals surface area contributed by atoms with E-state index in [0.717, 1.165) is 10.2 Å². The van der Waals surface area contributed by atoms with Gasteiger partial charge in [0.25, 0.3) is 5.91 Å². The van der Waals surface area contributed by atoms with E-state index in [-0.39, 0.29) is 10.8 Å². The number of phenolic OH excluding ortho intramolecular Hbond substituents is 1. The highest BCUT2D eigenvalue weighted by molar-refractivity contribution is 8.03. The van der Waals surface area contributed by atoms with Gasteiger partial charge in [-0.15, -0.1) is 23.1 Å². The maximum absolute atomic E-state index is 12.7. The van der Waals surface area contributed by atoms with Gasteiger partial charge in [-0.2, -0.15) is 0 Å². The number of hydrogen-bond donors (Lipinski definition) is 3. The zero-order valence-corrected chi connectivity index (χ0v) is 16.9. The first-order valence-corrected chi connectivity index (χ1v) is 10.7. The average molecular weight is 438 g/mol. The summed E-state index contributed by atoms with van der Waals surface area (Å²) in [6, 6.07) is 14.1. The number of carboxylic acids is 1. The van der Waals surface area contributed by atoms with Gasteiger partial charge in [0.05, 0.1) is 15.6 Å². The number of aliphatic carboxylic acids is 1. The lowest BCUT2D eigenvalue weighted by molar-refractivity contribution is -0.139. The van der Waals surface area contributed by atoms with Gasteiger partial charge in [0.2, 0.25) is 0 Å². The molecule has 5 rings (SSSR count). The summed E-state index contributed by atoms with van der Waals surface area (Å²) in [6.45, 7) is 0. The number of benzene rings is 2. The fraction of sp³-hybridized carbons (Fsp3) is 0.0952. The molecule has 1 aliphatic heterocycles. The largest absolute Gasteiger partial charge is 0.504 e. The zero-order valence-electron chi connectivity index (χ0n) is 15.2. The van der Waals surface area contributed by atoms with Crippen molar-refractivity contribution < 1.29 is 24.2 Å². The van der Waals surface area contributed by atoms with Crippen LogP contribution < -0.4 is 5.32 Å². The molecule has 1 amide bonds. The summed E-state index contributed by atoms with van der Waals surface area (Å²) < 4.78 is 6.61. The van der Waals surface area contributed by atoms with Crippen LogP contribution in [-0.4, -0.2) is 32.4 Å². The monoisotopic (exact) mass is 438 g/mol. The van der Waals surface area contributed by atoms with Crippen LogP contribution in [0, 0.1) is 5.92 Å². The van der Waals surface area contributed by atoms with Gasteiger partial charge in [0.15, 0.2) is 16.3 Å². The molecule has 0 saturated heterocycles. The Morgan fingerprint density at radius 3 is 2.73 bits per heavy atom. The van der Waals surface area contributed by atoms with E-state index in [1.165, 1.54) is 29.2 Å². The molecule has 0 aliphatic carbocycles. The molecule has 7 nitrogen and oxygen atoms in total. The van der Waals surface area contributed by atoms with Gasteiger partial charge < -0.3 is 19.9 Å². The number of carbonyl (C=O) groups is 2. The fourth-order valence-electron chi connectivity index (χ4n) is 3.40. The highest BCUT2D eigenvalue weighted by Crippen LogP contribution is 2.43. The van der Waals surface area contributed by atoms with Crippen LogP contribution in [0.15, 0.2) is 58.4 Å². The van der Waals surface area contributed by atoms with E-state index in [1.54, 1.807) is 23.6 Å². The van der Waals surface area contributed by atoms with Crippen LogP contribution in [0.2, 0.25) is 0 Å². The molecular weight excluding hydrogens is 424 g/mol. The number of carboxylic acid groups (broad SMARTS) is 1. The second-order valence-corrected chi connectivity index (χ2v) is 8.76. The van der Waals surface area contributed by atoms with Crippen molar-refractivity contribution in [2.24, 2.45) is 5.92 Å². The Labute approximate surface area is 178 Å². The maximum atomic E-state index is 12.7. The van der Waals surface area contributed by atoms with Gasteiger partial charge in [-0.05, 0) is 29.7 Å². The number of para-hydroxylation sites is 2. The first kappa shape index (κ1) is 18.7. The van der Waals surface area contributed by atoms with Gasteiger partial charge in [0.1, 0.15) is 11.7 Å². The Morgan fingerprint density at radius 1 is 1.13 bits per heavy atom. The van der Waals surface area contributed by atoms with Crippen LogP contribution in [0.3, 0.4) is 0 Å². The summed E-state index contributed by atoms with van der Waals surface area (Å²) >= 11 is 2.46. The minimum atomic E-state index is -1.08. The summed E-state index contributed by atoms with van der Waals surface area (Å²) in [7, 11) is 0. The highest BCUT2D eigenvalue weighted by atomic mass is 32.2. The molecule has 9 heteroatoms. The number of rotatable bonds is 4. The minimum absolute atomic E-state index is 0.0161. The van der Waals surface area contributed by atoms with Crippen molar-refractivity contribution in [1.29, 1.82) is 0 Å². The standard InChI is InChI=1S/C21H14N2O5S2/c24-13-6-3-4-10-8-14(28-17(10)13)11-9-29-19(16(11)21(26)27)23-18(25)20-22-12-5-1-2-7-15(12)30-20/h1-9,16,19,24H,(H,23,25)(H,26,27). The van der Waals surface area contributed by atoms with Crippen molar-refractivity contribution in [3.8, 4) is 5.75 Å². The zero-order chi connectivity index (χ0) is 20.8. The van der Waals surface area contributed by atoms with Gasteiger partial charge in [0, 0.05) is 11.0 Å². The van der Waals surface area contributed by atoms with Crippen LogP contribution in [0.25, 0.3) is 26.8 Å². The first-order chi connectivity index (χ1) is 14.5. The molecule has 4 aromatic rings. The molecule has 0 fully saturated rings. The van der Waals surface area contributed by atoms with E-state index in [4.69, 9.17) is 4.42 Å². The summed E-state index contributed by atoms with van der Waals surface area (Å²) in [5.41, 5.74) is 1.46. The normalized spacial score (nSPS) is 18.6. The first-order valence-electron chi connectivity index (χ1n) is 8.98. The smallest absolute Gasteiger partial charge is 0.314 e. The number of aromatic nitrogens is 1. The highest BCUT2D eigenvalue weighted by Gasteiger charge is 2.40. The van der Waals surface area contributed by atoms with Gasteiger partial charge in [-0.3, -0.25) is 9.59 Å². The maximum Gasteiger partial charge on any atom is 0.314 e. The SMILES string of the molecule is O=C(NC1SC=C(c2cc3cccc(O)c3o2)C1C(=O)O)c1nc2ccccc2s1. The molecule has 0 spiro atoms. The predicted octanol–water partition coefficient (Wildman–Crippen LogP) is 4.29. The molecule has 2 aromatic heterocycles. The van der Waals surface area contributed by atoms with Crippen LogP contribution in [0.4, 0.5) is 0 Å². The quantitative estimate of drug-likeness (QED) is 0.436. The molecule has 0 radical (unpaired) electrons. The van der Waals surface area contributed by atoms with Crippen molar-refractivity contribution in [3.63, 3.8) is 0 Å². The lowest BCUT2D eigenvalue weighted by atomic mass is 9.98. The summed E-state index contributed by atoms with van der Waals surface area (Å²) in [5, 5.41) is 24.5. The second kappa shape index (κ2) is 7.19. The molecule has 2 aromatic carbocycles. The van der Waals surface area contributed by atoms with E-state index in [1.807, 2.05) is 24.3 Å². The number of thiazole rings is 1. The number of nitrogens with zero attached hydrogens (tertiary/aromatic N) is 1. The molecule has 0 saturated carbocycles. The Kier molecular flexibility index (Phi) is 4.48. The number of hydrogen-bond acceptors (Lipinski definition) is 7. The van der Waals surface area contributed by atoms with Gasteiger partial charge >= 0.3 is 5.97 Å². The number of amides is 1. The van der Waals surface area contributed by atoms with Crippen molar-refractivity contribution >= 4 is 61.7 Å². The van der Waals surface area contributed by atoms with Crippen LogP contribution in [0.5, 0.6) is 5.75 Å². The van der Waals surface area contributed by atoms with Crippen molar-refractivity contribution in [2.45, 2.75) is 5.37 Å². The second-order valence-electron chi connectivity index (χ2n) is 6.71. The lowest BCUT2D eigenvalue weighted by Gasteiger charge is -2.18. The molecular formula is C21H14N2O5S2. The van der Waals surface area contributed by atoms with Crippen LogP contribution >= 0.6 is 23.1 Å².